The quantitative estimate of drug-likeness (QED) is 0.560. The average molecular weight is 461 g/mol. The minimum Gasteiger partial charge on any atom is -0.494 e. The van der Waals surface area contributed by atoms with Crippen LogP contribution in [0.1, 0.15) is 35.1 Å². The molecule has 8 heteroatoms. The molecule has 0 bridgehead atoms. The number of aromatic nitrogens is 1. The van der Waals surface area contributed by atoms with E-state index in [9.17, 15) is 14.4 Å². The van der Waals surface area contributed by atoms with Crippen molar-refractivity contribution in [3.05, 3.63) is 77.6 Å². The first-order valence-electron chi connectivity index (χ1n) is 11.3. The van der Waals surface area contributed by atoms with Crippen molar-refractivity contribution in [1.29, 1.82) is 0 Å². The van der Waals surface area contributed by atoms with Crippen molar-refractivity contribution in [2.24, 2.45) is 5.92 Å². The van der Waals surface area contributed by atoms with Gasteiger partial charge in [0.25, 0.3) is 5.91 Å². The number of benzene rings is 2. The van der Waals surface area contributed by atoms with Gasteiger partial charge in [0.2, 0.25) is 11.8 Å². The summed E-state index contributed by atoms with van der Waals surface area (Å²) in [5, 5.41) is 2.86. The van der Waals surface area contributed by atoms with Gasteiger partial charge in [0.05, 0.1) is 12.5 Å². The molecule has 0 unspecified atom stereocenters. The molecule has 4 rings (SSSR count). The second-order valence-corrected chi connectivity index (χ2v) is 8.29. The summed E-state index contributed by atoms with van der Waals surface area (Å²) in [4.78, 5) is 39.5. The predicted molar refractivity (Wildman–Crippen MR) is 131 cm³/mol. The van der Waals surface area contributed by atoms with Crippen LogP contribution in [0.15, 0.2) is 60.7 Å². The lowest BCUT2D eigenvalue weighted by atomic mass is 10.1. The molecule has 1 saturated heterocycles. The second-order valence-electron chi connectivity index (χ2n) is 8.29. The Bertz CT molecular complexity index is 1180. The summed E-state index contributed by atoms with van der Waals surface area (Å²) in [6.45, 7) is 6.62. The number of aryl methyl sites for hydroxylation is 2. The third-order valence-corrected chi connectivity index (χ3v) is 5.85. The number of ether oxygens (including phenoxy) is 1. The van der Waals surface area contributed by atoms with Crippen LogP contribution < -0.4 is 20.4 Å². The highest BCUT2D eigenvalue weighted by Gasteiger charge is 2.35. The summed E-state index contributed by atoms with van der Waals surface area (Å²) in [6.07, 6.45) is 0.148. The van der Waals surface area contributed by atoms with Crippen molar-refractivity contribution < 1.29 is 19.1 Å². The molecule has 0 aliphatic carbocycles. The van der Waals surface area contributed by atoms with Gasteiger partial charge in [-0.05, 0) is 81.4 Å². The van der Waals surface area contributed by atoms with E-state index in [-0.39, 0.29) is 24.1 Å². The van der Waals surface area contributed by atoms with Crippen LogP contribution in [0.25, 0.3) is 0 Å². The molecule has 8 nitrogen and oxygen atoms in total. The monoisotopic (exact) mass is 460 g/mol. The third-order valence-electron chi connectivity index (χ3n) is 5.85. The molecule has 1 aliphatic rings. The number of nitrogens with one attached hydrogen (secondary N) is 2. The molecule has 1 aliphatic heterocycles. The van der Waals surface area contributed by atoms with E-state index in [1.54, 1.807) is 33.8 Å². The fraction of sp³-hybridized carbons (Fsp3) is 0.269. The molecule has 1 atom stereocenters. The van der Waals surface area contributed by atoms with Gasteiger partial charge in [0, 0.05) is 41.3 Å². The molecule has 3 aromatic rings. The number of hydrogen-bond donors (Lipinski definition) is 2. The third kappa shape index (κ3) is 4.96. The lowest BCUT2D eigenvalue weighted by molar-refractivity contribution is -0.122. The molecule has 2 heterocycles. The summed E-state index contributed by atoms with van der Waals surface area (Å²) < 4.78 is 7.17. The Morgan fingerprint density at radius 2 is 1.62 bits per heavy atom. The molecule has 1 aromatic heterocycles. The van der Waals surface area contributed by atoms with Gasteiger partial charge in [-0.2, -0.15) is 0 Å². The van der Waals surface area contributed by atoms with Gasteiger partial charge in [0.1, 0.15) is 5.75 Å². The zero-order chi connectivity index (χ0) is 24.2. The molecule has 0 radical (unpaired) electrons. The Morgan fingerprint density at radius 1 is 0.971 bits per heavy atom. The first-order valence-corrected chi connectivity index (χ1v) is 11.3. The SMILES string of the molecule is CCOc1ccc(N2C[C@@H](C(=O)Nc3ccc(C(=O)Nn4c(C)ccc4C)cc3)CC2=O)cc1. The van der Waals surface area contributed by atoms with E-state index in [0.717, 1.165) is 22.8 Å². The molecule has 2 aromatic carbocycles. The van der Waals surface area contributed by atoms with E-state index < -0.39 is 5.92 Å². The maximum absolute atomic E-state index is 12.8. The van der Waals surface area contributed by atoms with Gasteiger partial charge < -0.3 is 15.0 Å². The standard InChI is InChI=1S/C26H28N4O4/c1-4-34-23-13-11-22(12-14-23)29-16-20(15-24(29)31)25(32)27-21-9-7-19(8-10-21)26(33)28-30-17(2)5-6-18(30)3/h5-14,20H,4,15-16H2,1-3H3,(H,27,32)(H,28,33)/t20-/m0/s1. The predicted octanol–water partition coefficient (Wildman–Crippen LogP) is 3.88. The maximum Gasteiger partial charge on any atom is 0.270 e. The summed E-state index contributed by atoms with van der Waals surface area (Å²) in [7, 11) is 0. The number of carbonyl (C=O) groups is 3. The number of amides is 3. The zero-order valence-electron chi connectivity index (χ0n) is 19.5. The molecular formula is C26H28N4O4. The maximum atomic E-state index is 12.8. The fourth-order valence-electron chi connectivity index (χ4n) is 3.98. The number of nitrogens with zero attached hydrogens (tertiary/aromatic N) is 2. The molecule has 34 heavy (non-hydrogen) atoms. The van der Waals surface area contributed by atoms with Gasteiger partial charge >= 0.3 is 0 Å². The van der Waals surface area contributed by atoms with Crippen LogP contribution in [-0.4, -0.2) is 35.5 Å². The van der Waals surface area contributed by atoms with Gasteiger partial charge in [0.15, 0.2) is 0 Å². The van der Waals surface area contributed by atoms with Crippen LogP contribution in [0.4, 0.5) is 11.4 Å². The first kappa shape index (κ1) is 23.1. The fourth-order valence-corrected chi connectivity index (χ4v) is 3.98. The highest BCUT2D eigenvalue weighted by atomic mass is 16.5. The lowest BCUT2D eigenvalue weighted by Crippen LogP contribution is -2.28. The Kier molecular flexibility index (Phi) is 6.67. The molecule has 0 spiro atoms. The molecule has 3 amide bonds. The van der Waals surface area contributed by atoms with Crippen molar-refractivity contribution in [2.45, 2.75) is 27.2 Å². The summed E-state index contributed by atoms with van der Waals surface area (Å²) in [6, 6.07) is 17.8. The largest absolute Gasteiger partial charge is 0.494 e. The Labute approximate surface area is 198 Å². The summed E-state index contributed by atoms with van der Waals surface area (Å²) in [5.74, 6) is -0.276. The molecule has 2 N–H and O–H groups in total. The van der Waals surface area contributed by atoms with Gasteiger partial charge in [-0.3, -0.25) is 24.5 Å². The van der Waals surface area contributed by atoms with Gasteiger partial charge in [-0.25, -0.2) is 0 Å². The minimum atomic E-state index is -0.457. The van der Waals surface area contributed by atoms with Gasteiger partial charge in [-0.1, -0.05) is 0 Å². The smallest absolute Gasteiger partial charge is 0.270 e. The normalized spacial score (nSPS) is 15.3. The minimum absolute atomic E-state index is 0.0908. The van der Waals surface area contributed by atoms with Crippen molar-refractivity contribution >= 4 is 29.1 Å². The second kappa shape index (κ2) is 9.82. The van der Waals surface area contributed by atoms with Crippen LogP contribution in [0.5, 0.6) is 5.75 Å². The van der Waals surface area contributed by atoms with E-state index in [1.165, 1.54) is 0 Å². The van der Waals surface area contributed by atoms with E-state index >= 15 is 0 Å². The van der Waals surface area contributed by atoms with Crippen LogP contribution in [-0.2, 0) is 9.59 Å². The molecule has 1 fully saturated rings. The average Bonchev–Trinajstić information content (AvgIpc) is 3.37. The van der Waals surface area contributed by atoms with E-state index in [0.29, 0.717) is 24.4 Å². The number of rotatable bonds is 7. The highest BCUT2D eigenvalue weighted by Crippen LogP contribution is 2.27. The highest BCUT2D eigenvalue weighted by molar-refractivity contribution is 6.04. The van der Waals surface area contributed by atoms with Crippen molar-refractivity contribution in [2.75, 3.05) is 28.8 Å². The number of anilines is 2. The molecule has 0 saturated carbocycles. The van der Waals surface area contributed by atoms with Gasteiger partial charge in [-0.15, -0.1) is 0 Å². The van der Waals surface area contributed by atoms with E-state index in [4.69, 9.17) is 4.74 Å². The van der Waals surface area contributed by atoms with Crippen LogP contribution >= 0.6 is 0 Å². The topological polar surface area (TPSA) is 92.7 Å². The Hall–Kier alpha value is -4.07. The number of hydrogen-bond acceptors (Lipinski definition) is 4. The van der Waals surface area contributed by atoms with Crippen molar-refractivity contribution in [1.82, 2.24) is 4.68 Å². The van der Waals surface area contributed by atoms with Crippen LogP contribution in [0.2, 0.25) is 0 Å². The lowest BCUT2D eigenvalue weighted by Gasteiger charge is -2.17. The van der Waals surface area contributed by atoms with E-state index in [2.05, 4.69) is 10.7 Å². The Morgan fingerprint density at radius 3 is 2.24 bits per heavy atom. The van der Waals surface area contributed by atoms with Crippen LogP contribution in [0, 0.1) is 19.8 Å². The van der Waals surface area contributed by atoms with Crippen molar-refractivity contribution in [3.8, 4) is 5.75 Å². The Balaban J connectivity index is 1.35. The molecular weight excluding hydrogens is 432 g/mol. The number of carbonyl (C=O) groups excluding carboxylic acids is 3. The first-order chi connectivity index (χ1) is 16.4. The van der Waals surface area contributed by atoms with Crippen LogP contribution in [0.3, 0.4) is 0 Å². The van der Waals surface area contributed by atoms with Crippen molar-refractivity contribution in [3.63, 3.8) is 0 Å². The van der Waals surface area contributed by atoms with E-state index in [1.807, 2.05) is 57.2 Å². The molecule has 176 valence electrons. The summed E-state index contributed by atoms with van der Waals surface area (Å²) >= 11 is 0. The summed E-state index contributed by atoms with van der Waals surface area (Å²) in [5.41, 5.74) is 6.51. The zero-order valence-corrected chi connectivity index (χ0v) is 19.5.